The van der Waals surface area contributed by atoms with E-state index in [1.165, 1.54) is 36.4 Å². The average molecular weight is 508 g/mol. The first-order valence-corrected chi connectivity index (χ1v) is 13.0. The molecule has 3 N–H and O–H groups in total. The van der Waals surface area contributed by atoms with Crippen molar-refractivity contribution in [1.82, 2.24) is 15.0 Å². The van der Waals surface area contributed by atoms with Crippen molar-refractivity contribution in [3.63, 3.8) is 0 Å². The fourth-order valence-corrected chi connectivity index (χ4v) is 4.13. The predicted molar refractivity (Wildman–Crippen MR) is 138 cm³/mol. The third-order valence-corrected chi connectivity index (χ3v) is 6.54. The van der Waals surface area contributed by atoms with Crippen molar-refractivity contribution in [2.24, 2.45) is 0 Å². The fraction of sp³-hybridized carbons (Fsp3) is 0.192. The SMILES string of the molecule is CC(C)(C)c1nc(-c2ccc(F)c(NC(=O)Nc3ccc(S(C)(=O)=O)cc3)c2)c(-c2ccncc2)[nH]1. The summed E-state index contributed by atoms with van der Waals surface area (Å²) in [5.41, 5.74) is 2.94. The summed E-state index contributed by atoms with van der Waals surface area (Å²) in [6.45, 7) is 6.11. The third-order valence-electron chi connectivity index (χ3n) is 5.41. The molecule has 0 bridgehead atoms. The van der Waals surface area contributed by atoms with Gasteiger partial charge in [0, 0.05) is 40.9 Å². The van der Waals surface area contributed by atoms with E-state index < -0.39 is 21.7 Å². The van der Waals surface area contributed by atoms with Crippen molar-refractivity contribution in [3.8, 4) is 22.5 Å². The van der Waals surface area contributed by atoms with E-state index >= 15 is 0 Å². The zero-order valence-electron chi connectivity index (χ0n) is 20.3. The summed E-state index contributed by atoms with van der Waals surface area (Å²) in [5, 5.41) is 5.10. The highest BCUT2D eigenvalue weighted by Crippen LogP contribution is 2.34. The number of pyridine rings is 1. The predicted octanol–water partition coefficient (Wildman–Crippen LogP) is 5.62. The molecule has 2 aromatic carbocycles. The number of halogens is 1. The van der Waals surface area contributed by atoms with Crippen LogP contribution in [-0.2, 0) is 15.3 Å². The Labute approximate surface area is 208 Å². The van der Waals surface area contributed by atoms with E-state index in [0.29, 0.717) is 16.9 Å². The van der Waals surface area contributed by atoms with E-state index in [4.69, 9.17) is 4.98 Å². The normalized spacial score (nSPS) is 11.8. The minimum Gasteiger partial charge on any atom is -0.341 e. The number of aromatic nitrogens is 3. The van der Waals surface area contributed by atoms with Crippen LogP contribution >= 0.6 is 0 Å². The van der Waals surface area contributed by atoms with Gasteiger partial charge in [0.05, 0.1) is 22.0 Å². The number of carbonyl (C=O) groups is 1. The lowest BCUT2D eigenvalue weighted by Crippen LogP contribution is -2.20. The Kier molecular flexibility index (Phi) is 6.64. The molecule has 0 unspecified atom stereocenters. The summed E-state index contributed by atoms with van der Waals surface area (Å²) in [6.07, 6.45) is 4.46. The number of benzene rings is 2. The van der Waals surface area contributed by atoms with E-state index in [0.717, 1.165) is 23.3 Å². The minimum atomic E-state index is -3.35. The number of hydrogen-bond acceptors (Lipinski definition) is 5. The summed E-state index contributed by atoms with van der Waals surface area (Å²) < 4.78 is 37.9. The Morgan fingerprint density at radius 3 is 2.22 bits per heavy atom. The van der Waals surface area contributed by atoms with Gasteiger partial charge in [0.2, 0.25) is 0 Å². The number of aromatic amines is 1. The number of sulfone groups is 1. The molecule has 2 heterocycles. The molecule has 0 aliphatic rings. The van der Waals surface area contributed by atoms with Gasteiger partial charge in [-0.1, -0.05) is 20.8 Å². The second-order valence-electron chi connectivity index (χ2n) is 9.37. The summed E-state index contributed by atoms with van der Waals surface area (Å²) >= 11 is 0. The first-order valence-electron chi connectivity index (χ1n) is 11.1. The maximum atomic E-state index is 14.6. The van der Waals surface area contributed by atoms with Gasteiger partial charge in [-0.15, -0.1) is 0 Å². The van der Waals surface area contributed by atoms with Crippen LogP contribution in [0, 0.1) is 5.82 Å². The molecule has 2 amide bonds. The van der Waals surface area contributed by atoms with Gasteiger partial charge in [0.25, 0.3) is 0 Å². The highest BCUT2D eigenvalue weighted by atomic mass is 32.2. The van der Waals surface area contributed by atoms with Crippen LogP contribution < -0.4 is 10.6 Å². The van der Waals surface area contributed by atoms with Crippen molar-refractivity contribution in [1.29, 1.82) is 0 Å². The average Bonchev–Trinajstić information content (AvgIpc) is 3.27. The largest absolute Gasteiger partial charge is 0.341 e. The molecule has 186 valence electrons. The van der Waals surface area contributed by atoms with Crippen LogP contribution in [0.15, 0.2) is 71.9 Å². The van der Waals surface area contributed by atoms with Crippen LogP contribution in [0.5, 0.6) is 0 Å². The standard InChI is InChI=1S/C26H26FN5O3S/c1-26(2,3)24-31-22(16-11-13-28-14-12-16)23(32-24)17-5-10-20(27)21(15-17)30-25(33)29-18-6-8-19(9-7-18)36(4,34)35/h5-15H,1-4H3,(H,31,32)(H2,29,30,33). The summed E-state index contributed by atoms with van der Waals surface area (Å²) in [4.78, 5) is 24.9. The number of carbonyl (C=O) groups excluding carboxylic acids is 1. The van der Waals surface area contributed by atoms with Gasteiger partial charge >= 0.3 is 6.03 Å². The molecule has 0 saturated carbocycles. The Morgan fingerprint density at radius 2 is 1.61 bits per heavy atom. The van der Waals surface area contributed by atoms with Gasteiger partial charge in [-0.2, -0.15) is 0 Å². The van der Waals surface area contributed by atoms with Gasteiger partial charge in [-0.25, -0.2) is 22.6 Å². The Hall–Kier alpha value is -4.05. The number of urea groups is 1. The molecule has 8 nitrogen and oxygen atoms in total. The van der Waals surface area contributed by atoms with E-state index in [2.05, 4.69) is 20.6 Å². The molecular formula is C26H26FN5O3S. The van der Waals surface area contributed by atoms with Crippen molar-refractivity contribution in [2.75, 3.05) is 16.9 Å². The zero-order chi connectivity index (χ0) is 26.1. The van der Waals surface area contributed by atoms with Crippen molar-refractivity contribution < 1.29 is 17.6 Å². The van der Waals surface area contributed by atoms with Crippen LogP contribution in [0.25, 0.3) is 22.5 Å². The van der Waals surface area contributed by atoms with Gasteiger partial charge in [0.15, 0.2) is 9.84 Å². The van der Waals surface area contributed by atoms with Crippen LogP contribution in [0.4, 0.5) is 20.6 Å². The lowest BCUT2D eigenvalue weighted by Gasteiger charge is -2.14. The van der Waals surface area contributed by atoms with E-state index in [9.17, 15) is 17.6 Å². The third kappa shape index (κ3) is 5.60. The number of nitrogens with zero attached hydrogens (tertiary/aromatic N) is 2. The molecule has 0 spiro atoms. The minimum absolute atomic E-state index is 0.0289. The number of amides is 2. The quantitative estimate of drug-likeness (QED) is 0.324. The molecule has 0 radical (unpaired) electrons. The van der Waals surface area contributed by atoms with Crippen molar-refractivity contribution >= 4 is 27.2 Å². The fourth-order valence-electron chi connectivity index (χ4n) is 3.50. The van der Waals surface area contributed by atoms with Crippen molar-refractivity contribution in [2.45, 2.75) is 31.1 Å². The van der Waals surface area contributed by atoms with Gasteiger partial charge in [0.1, 0.15) is 11.6 Å². The maximum Gasteiger partial charge on any atom is 0.323 e. The van der Waals surface area contributed by atoms with Crippen LogP contribution in [-0.4, -0.2) is 35.7 Å². The Morgan fingerprint density at radius 1 is 0.944 bits per heavy atom. The smallest absolute Gasteiger partial charge is 0.323 e. The molecule has 4 aromatic rings. The topological polar surface area (TPSA) is 117 Å². The monoisotopic (exact) mass is 507 g/mol. The van der Waals surface area contributed by atoms with Crippen LogP contribution in [0.1, 0.15) is 26.6 Å². The summed E-state index contributed by atoms with van der Waals surface area (Å²) in [5.74, 6) is 0.150. The number of nitrogens with one attached hydrogen (secondary N) is 3. The van der Waals surface area contributed by atoms with Crippen LogP contribution in [0.3, 0.4) is 0 Å². The van der Waals surface area contributed by atoms with Gasteiger partial charge < -0.3 is 15.6 Å². The summed E-state index contributed by atoms with van der Waals surface area (Å²) in [6, 6.07) is 13.1. The maximum absolute atomic E-state index is 14.6. The highest BCUT2D eigenvalue weighted by molar-refractivity contribution is 7.90. The highest BCUT2D eigenvalue weighted by Gasteiger charge is 2.23. The lowest BCUT2D eigenvalue weighted by atomic mass is 9.96. The first-order chi connectivity index (χ1) is 16.9. The Bertz CT molecular complexity index is 1510. The van der Waals surface area contributed by atoms with Gasteiger partial charge in [-0.3, -0.25) is 4.98 Å². The zero-order valence-corrected chi connectivity index (χ0v) is 21.1. The van der Waals surface area contributed by atoms with E-state index in [1.807, 2.05) is 32.9 Å². The molecule has 0 saturated heterocycles. The molecule has 4 rings (SSSR count). The number of hydrogen-bond donors (Lipinski definition) is 3. The molecule has 0 aliphatic heterocycles. The molecule has 10 heteroatoms. The second kappa shape index (κ2) is 9.54. The van der Waals surface area contributed by atoms with E-state index in [-0.39, 0.29) is 16.0 Å². The lowest BCUT2D eigenvalue weighted by molar-refractivity contribution is 0.262. The molecule has 0 fully saturated rings. The molecule has 0 aliphatic carbocycles. The molecular weight excluding hydrogens is 481 g/mol. The Balaban J connectivity index is 1.63. The molecule has 0 atom stereocenters. The van der Waals surface area contributed by atoms with Crippen LogP contribution in [0.2, 0.25) is 0 Å². The number of anilines is 2. The molecule has 36 heavy (non-hydrogen) atoms. The van der Waals surface area contributed by atoms with E-state index in [1.54, 1.807) is 18.5 Å². The van der Waals surface area contributed by atoms with Gasteiger partial charge in [-0.05, 0) is 54.6 Å². The number of imidazole rings is 1. The number of H-pyrrole nitrogens is 1. The van der Waals surface area contributed by atoms with Crippen molar-refractivity contribution in [3.05, 3.63) is 78.6 Å². The number of rotatable bonds is 5. The second-order valence-corrected chi connectivity index (χ2v) is 11.4. The summed E-state index contributed by atoms with van der Waals surface area (Å²) in [7, 11) is -3.35. The first kappa shape index (κ1) is 25.1. The molecule has 2 aromatic heterocycles.